The molecule has 3 heterocycles. The van der Waals surface area contributed by atoms with Gasteiger partial charge < -0.3 is 5.32 Å². The molecule has 0 unspecified atom stereocenters. The van der Waals surface area contributed by atoms with Crippen molar-refractivity contribution < 1.29 is 0 Å². The molecule has 0 aliphatic heterocycles. The molecule has 0 saturated carbocycles. The average molecular weight is 348 g/mol. The second-order valence-electron chi connectivity index (χ2n) is 6.12. The summed E-state index contributed by atoms with van der Waals surface area (Å²) in [6.07, 6.45) is 2.54. The van der Waals surface area contributed by atoms with Crippen molar-refractivity contribution in [2.24, 2.45) is 0 Å². The minimum absolute atomic E-state index is 0.720. The van der Waals surface area contributed by atoms with Gasteiger partial charge in [0.1, 0.15) is 18.0 Å². The molecule has 8 heteroatoms. The number of nitrogens with one attached hydrogen (secondary N) is 1. The summed E-state index contributed by atoms with van der Waals surface area (Å²) in [5, 5.41) is 20.6. The smallest absolute Gasteiger partial charge is 0.200 e. The van der Waals surface area contributed by atoms with Gasteiger partial charge in [0.05, 0.1) is 11.4 Å². The van der Waals surface area contributed by atoms with Crippen LogP contribution in [-0.4, -0.2) is 41.1 Å². The molecule has 0 bridgehead atoms. The lowest BCUT2D eigenvalue weighted by Crippen LogP contribution is -2.10. The molecular weight excluding hydrogens is 328 g/mol. The second kappa shape index (κ2) is 6.91. The Morgan fingerprint density at radius 1 is 1.08 bits per heavy atom. The van der Waals surface area contributed by atoms with Crippen molar-refractivity contribution in [1.82, 2.24) is 34.6 Å². The number of rotatable bonds is 6. The van der Waals surface area contributed by atoms with Gasteiger partial charge in [0.25, 0.3) is 0 Å². The van der Waals surface area contributed by atoms with Crippen LogP contribution >= 0.6 is 0 Å². The van der Waals surface area contributed by atoms with E-state index in [-0.39, 0.29) is 0 Å². The van der Waals surface area contributed by atoms with Crippen LogP contribution in [0.2, 0.25) is 0 Å². The topological polar surface area (TPSA) is 85.8 Å². The zero-order chi connectivity index (χ0) is 17.9. The average Bonchev–Trinajstić information content (AvgIpc) is 3.25. The highest BCUT2D eigenvalue weighted by atomic mass is 15.4. The maximum Gasteiger partial charge on any atom is 0.200 e. The van der Waals surface area contributed by atoms with Crippen molar-refractivity contribution in [2.45, 2.75) is 26.8 Å². The van der Waals surface area contributed by atoms with Gasteiger partial charge in [0, 0.05) is 18.7 Å². The van der Waals surface area contributed by atoms with E-state index >= 15 is 0 Å². The molecule has 3 aromatic heterocycles. The first kappa shape index (κ1) is 16.2. The van der Waals surface area contributed by atoms with Crippen LogP contribution in [-0.2, 0) is 6.54 Å². The van der Waals surface area contributed by atoms with Crippen LogP contribution in [0.4, 0.5) is 5.69 Å². The molecule has 0 radical (unpaired) electrons. The Hall–Kier alpha value is -3.29. The van der Waals surface area contributed by atoms with Gasteiger partial charge in [-0.3, -0.25) is 4.68 Å². The Morgan fingerprint density at radius 3 is 2.69 bits per heavy atom. The monoisotopic (exact) mass is 348 g/mol. The Kier molecular flexibility index (Phi) is 4.30. The number of aromatic nitrogens is 7. The van der Waals surface area contributed by atoms with Crippen LogP contribution in [0.25, 0.3) is 16.9 Å². The van der Waals surface area contributed by atoms with E-state index in [4.69, 9.17) is 0 Å². The largest absolute Gasteiger partial charge is 0.382 e. The van der Waals surface area contributed by atoms with Gasteiger partial charge in [0.15, 0.2) is 0 Å². The highest BCUT2D eigenvalue weighted by Gasteiger charge is 2.09. The summed E-state index contributed by atoms with van der Waals surface area (Å²) in [5.74, 6) is 1.75. The van der Waals surface area contributed by atoms with Gasteiger partial charge in [-0.2, -0.15) is 14.7 Å². The molecule has 0 fully saturated rings. The first-order chi connectivity index (χ1) is 12.7. The molecule has 0 saturated heterocycles. The van der Waals surface area contributed by atoms with Crippen molar-refractivity contribution in [3.05, 3.63) is 54.4 Å². The molecule has 1 N–H and O–H groups in total. The van der Waals surface area contributed by atoms with Gasteiger partial charge >= 0.3 is 0 Å². The first-order valence-electron chi connectivity index (χ1n) is 8.59. The van der Waals surface area contributed by atoms with E-state index in [2.05, 4.69) is 30.7 Å². The number of nitrogens with zero attached hydrogens (tertiary/aromatic N) is 7. The van der Waals surface area contributed by atoms with Crippen LogP contribution < -0.4 is 5.32 Å². The lowest BCUT2D eigenvalue weighted by molar-refractivity contribution is 0.571. The SMILES string of the molecule is Cc1nc(C)n(CCCNc2cc(-c3ccccc3)nn3cnnc23)n1. The van der Waals surface area contributed by atoms with Crippen molar-refractivity contribution in [3.63, 3.8) is 0 Å². The highest BCUT2D eigenvalue weighted by molar-refractivity contribution is 5.73. The van der Waals surface area contributed by atoms with E-state index in [1.54, 1.807) is 10.8 Å². The number of benzene rings is 1. The summed E-state index contributed by atoms with van der Waals surface area (Å²) in [6.45, 7) is 5.49. The predicted molar refractivity (Wildman–Crippen MR) is 98.8 cm³/mol. The van der Waals surface area contributed by atoms with Crippen LogP contribution in [0.3, 0.4) is 0 Å². The first-order valence-corrected chi connectivity index (χ1v) is 8.59. The molecule has 26 heavy (non-hydrogen) atoms. The normalized spacial score (nSPS) is 11.2. The van der Waals surface area contributed by atoms with Gasteiger partial charge in [-0.05, 0) is 26.3 Å². The van der Waals surface area contributed by atoms with E-state index in [1.807, 2.05) is 54.9 Å². The fraction of sp³-hybridized carbons (Fsp3) is 0.278. The minimum Gasteiger partial charge on any atom is -0.382 e. The van der Waals surface area contributed by atoms with Gasteiger partial charge in [-0.1, -0.05) is 30.3 Å². The summed E-state index contributed by atoms with van der Waals surface area (Å²) in [4.78, 5) is 4.33. The van der Waals surface area contributed by atoms with E-state index in [9.17, 15) is 0 Å². The molecule has 132 valence electrons. The minimum atomic E-state index is 0.720. The lowest BCUT2D eigenvalue weighted by atomic mass is 10.1. The van der Waals surface area contributed by atoms with E-state index in [0.29, 0.717) is 0 Å². The Bertz CT molecular complexity index is 1020. The number of hydrogen-bond acceptors (Lipinski definition) is 6. The molecule has 4 rings (SSSR count). The third-order valence-electron chi connectivity index (χ3n) is 4.16. The predicted octanol–water partition coefficient (Wildman–Crippen LogP) is 2.50. The van der Waals surface area contributed by atoms with Gasteiger partial charge in [-0.25, -0.2) is 4.98 Å². The molecule has 1 aromatic carbocycles. The quantitative estimate of drug-likeness (QED) is 0.539. The molecule has 0 amide bonds. The maximum atomic E-state index is 4.59. The standard InChI is InChI=1S/C18H20N8/c1-13-21-14(2)25(23-13)10-6-9-19-17-11-16(15-7-4-3-5-8-15)24-26-12-20-22-18(17)26/h3-5,7-8,11-12,19H,6,9-10H2,1-2H3. The number of aryl methyl sites for hydroxylation is 3. The Labute approximate surface area is 150 Å². The van der Waals surface area contributed by atoms with Crippen LogP contribution in [0.15, 0.2) is 42.7 Å². The van der Waals surface area contributed by atoms with Crippen molar-refractivity contribution in [3.8, 4) is 11.3 Å². The molecule has 8 nitrogen and oxygen atoms in total. The van der Waals surface area contributed by atoms with Crippen LogP contribution in [0.1, 0.15) is 18.1 Å². The summed E-state index contributed by atoms with van der Waals surface area (Å²) in [7, 11) is 0. The summed E-state index contributed by atoms with van der Waals surface area (Å²) in [6, 6.07) is 12.1. The molecule has 0 spiro atoms. The van der Waals surface area contributed by atoms with E-state index < -0.39 is 0 Å². The number of hydrogen-bond donors (Lipinski definition) is 1. The second-order valence-corrected chi connectivity index (χ2v) is 6.12. The molecule has 0 aliphatic rings. The fourth-order valence-electron chi connectivity index (χ4n) is 2.93. The van der Waals surface area contributed by atoms with Crippen LogP contribution in [0, 0.1) is 13.8 Å². The van der Waals surface area contributed by atoms with Crippen molar-refractivity contribution in [1.29, 1.82) is 0 Å². The summed E-state index contributed by atoms with van der Waals surface area (Å²) >= 11 is 0. The molecule has 0 atom stereocenters. The number of fused-ring (bicyclic) bond motifs is 1. The molecule has 4 aromatic rings. The van der Waals surface area contributed by atoms with Crippen molar-refractivity contribution >= 4 is 11.3 Å². The third kappa shape index (κ3) is 3.26. The zero-order valence-corrected chi connectivity index (χ0v) is 14.8. The van der Waals surface area contributed by atoms with Crippen LogP contribution in [0.5, 0.6) is 0 Å². The van der Waals surface area contributed by atoms with Gasteiger partial charge in [0.2, 0.25) is 5.65 Å². The van der Waals surface area contributed by atoms with Crippen molar-refractivity contribution in [2.75, 3.05) is 11.9 Å². The highest BCUT2D eigenvalue weighted by Crippen LogP contribution is 2.22. The summed E-state index contributed by atoms with van der Waals surface area (Å²) in [5.41, 5.74) is 3.57. The molecule has 0 aliphatic carbocycles. The van der Waals surface area contributed by atoms with Gasteiger partial charge in [-0.15, -0.1) is 10.2 Å². The van der Waals surface area contributed by atoms with E-state index in [1.165, 1.54) is 0 Å². The zero-order valence-electron chi connectivity index (χ0n) is 14.8. The summed E-state index contributed by atoms with van der Waals surface area (Å²) < 4.78 is 3.64. The third-order valence-corrected chi connectivity index (χ3v) is 4.16. The maximum absolute atomic E-state index is 4.59. The number of anilines is 1. The Balaban J connectivity index is 1.50. The fourth-order valence-corrected chi connectivity index (χ4v) is 2.93. The van der Waals surface area contributed by atoms with E-state index in [0.717, 1.165) is 53.8 Å². The lowest BCUT2D eigenvalue weighted by Gasteiger charge is -2.10. The molecular formula is C18H20N8. The Morgan fingerprint density at radius 2 is 1.92 bits per heavy atom.